The van der Waals surface area contributed by atoms with Crippen LogP contribution in [0.3, 0.4) is 0 Å². The third-order valence-corrected chi connectivity index (χ3v) is 5.26. The standard InChI is InChI=1S/C20H25N5/c1-14-4-5-18-20(15(14)2)23-19(22-18)8-11-25-9-6-16(7-10-25)17-12-21-24(3)13-17/h4-6,12-13H,7-11H2,1-3H3,(H,22,23). The molecule has 0 unspecified atom stereocenters. The first kappa shape index (κ1) is 16.1. The van der Waals surface area contributed by atoms with Gasteiger partial charge in [0.2, 0.25) is 0 Å². The molecule has 0 aliphatic carbocycles. The van der Waals surface area contributed by atoms with Crippen LogP contribution < -0.4 is 0 Å². The number of nitrogens with one attached hydrogen (secondary N) is 1. The summed E-state index contributed by atoms with van der Waals surface area (Å²) in [7, 11) is 1.97. The van der Waals surface area contributed by atoms with E-state index in [1.807, 2.05) is 17.9 Å². The molecule has 1 aliphatic rings. The van der Waals surface area contributed by atoms with Crippen molar-refractivity contribution in [2.75, 3.05) is 19.6 Å². The maximum absolute atomic E-state index is 4.81. The number of hydrogen-bond acceptors (Lipinski definition) is 3. The quantitative estimate of drug-likeness (QED) is 0.796. The number of H-pyrrole nitrogens is 1. The van der Waals surface area contributed by atoms with Crippen molar-refractivity contribution in [2.24, 2.45) is 7.05 Å². The van der Waals surface area contributed by atoms with E-state index in [0.717, 1.165) is 49.3 Å². The Morgan fingerprint density at radius 1 is 1.24 bits per heavy atom. The molecule has 4 rings (SSSR count). The Balaban J connectivity index is 1.39. The van der Waals surface area contributed by atoms with E-state index in [1.165, 1.54) is 22.3 Å². The van der Waals surface area contributed by atoms with Crippen molar-refractivity contribution in [3.05, 3.63) is 53.1 Å². The molecular weight excluding hydrogens is 310 g/mol. The number of aromatic nitrogens is 4. The van der Waals surface area contributed by atoms with Crippen molar-refractivity contribution in [3.63, 3.8) is 0 Å². The highest BCUT2D eigenvalue weighted by atomic mass is 15.2. The predicted octanol–water partition coefficient (Wildman–Crippen LogP) is 3.25. The monoisotopic (exact) mass is 335 g/mol. The average Bonchev–Trinajstić information content (AvgIpc) is 3.23. The van der Waals surface area contributed by atoms with Crippen LogP contribution in [0, 0.1) is 13.8 Å². The van der Waals surface area contributed by atoms with Gasteiger partial charge in [0.1, 0.15) is 5.82 Å². The number of nitrogens with zero attached hydrogens (tertiary/aromatic N) is 4. The van der Waals surface area contributed by atoms with Crippen molar-refractivity contribution >= 4 is 16.6 Å². The molecule has 25 heavy (non-hydrogen) atoms. The van der Waals surface area contributed by atoms with Gasteiger partial charge in [-0.25, -0.2) is 4.98 Å². The van der Waals surface area contributed by atoms with Gasteiger partial charge in [0.05, 0.1) is 17.2 Å². The van der Waals surface area contributed by atoms with E-state index in [4.69, 9.17) is 4.98 Å². The number of imidazole rings is 1. The Bertz CT molecular complexity index is 931. The molecule has 130 valence electrons. The summed E-state index contributed by atoms with van der Waals surface area (Å²) in [5, 5.41) is 4.27. The molecule has 1 aliphatic heterocycles. The van der Waals surface area contributed by atoms with Gasteiger partial charge in [-0.05, 0) is 43.0 Å². The minimum atomic E-state index is 0.962. The predicted molar refractivity (Wildman–Crippen MR) is 102 cm³/mol. The molecule has 3 aromatic rings. The molecule has 0 amide bonds. The Hall–Kier alpha value is -2.40. The summed E-state index contributed by atoms with van der Waals surface area (Å²) in [6, 6.07) is 4.30. The summed E-state index contributed by atoms with van der Waals surface area (Å²) in [6.45, 7) is 7.43. The molecule has 0 radical (unpaired) electrons. The van der Waals surface area contributed by atoms with Crippen LogP contribution in [0.2, 0.25) is 0 Å². The number of aromatic amines is 1. The summed E-state index contributed by atoms with van der Waals surface area (Å²) in [6.07, 6.45) is 8.44. The van der Waals surface area contributed by atoms with Gasteiger partial charge < -0.3 is 4.98 Å². The van der Waals surface area contributed by atoms with E-state index in [1.54, 1.807) is 0 Å². The third-order valence-electron chi connectivity index (χ3n) is 5.26. The molecule has 2 aromatic heterocycles. The van der Waals surface area contributed by atoms with Crippen LogP contribution in [0.15, 0.2) is 30.6 Å². The minimum Gasteiger partial charge on any atom is -0.342 e. The largest absolute Gasteiger partial charge is 0.342 e. The zero-order valence-electron chi connectivity index (χ0n) is 15.2. The number of aryl methyl sites for hydroxylation is 3. The molecule has 0 atom stereocenters. The Morgan fingerprint density at radius 3 is 2.84 bits per heavy atom. The van der Waals surface area contributed by atoms with Gasteiger partial charge in [-0.2, -0.15) is 5.10 Å². The lowest BCUT2D eigenvalue weighted by atomic mass is 10.0. The maximum atomic E-state index is 4.81. The molecule has 1 N–H and O–H groups in total. The molecule has 5 heteroatoms. The van der Waals surface area contributed by atoms with Crippen molar-refractivity contribution < 1.29 is 0 Å². The first-order valence-corrected chi connectivity index (χ1v) is 8.95. The summed E-state index contributed by atoms with van der Waals surface area (Å²) in [5.41, 5.74) is 7.52. The smallest absolute Gasteiger partial charge is 0.108 e. The first-order valence-electron chi connectivity index (χ1n) is 8.95. The van der Waals surface area contributed by atoms with Crippen molar-refractivity contribution in [3.8, 4) is 0 Å². The molecular formula is C20H25N5. The second-order valence-electron chi connectivity index (χ2n) is 7.02. The zero-order chi connectivity index (χ0) is 17.4. The summed E-state index contributed by atoms with van der Waals surface area (Å²) in [5.74, 6) is 1.09. The topological polar surface area (TPSA) is 49.7 Å². The third kappa shape index (κ3) is 3.24. The van der Waals surface area contributed by atoms with Gasteiger partial charge in [0.15, 0.2) is 0 Å². The van der Waals surface area contributed by atoms with Gasteiger partial charge >= 0.3 is 0 Å². The second kappa shape index (κ2) is 6.48. The molecule has 0 saturated carbocycles. The zero-order valence-corrected chi connectivity index (χ0v) is 15.2. The van der Waals surface area contributed by atoms with Gasteiger partial charge in [-0.15, -0.1) is 0 Å². The SMILES string of the molecule is Cc1ccc2[nH]c(CCN3CC=C(c4cnn(C)c4)CC3)nc2c1C. The summed E-state index contributed by atoms with van der Waals surface area (Å²) in [4.78, 5) is 10.8. The van der Waals surface area contributed by atoms with Gasteiger partial charge in [-0.3, -0.25) is 9.58 Å². The Morgan fingerprint density at radius 2 is 2.12 bits per heavy atom. The van der Waals surface area contributed by atoms with E-state index in [0.29, 0.717) is 0 Å². The fourth-order valence-corrected chi connectivity index (χ4v) is 3.51. The Labute approximate surface area is 148 Å². The molecule has 0 bridgehead atoms. The highest BCUT2D eigenvalue weighted by Gasteiger charge is 2.15. The summed E-state index contributed by atoms with van der Waals surface area (Å²) >= 11 is 0. The van der Waals surface area contributed by atoms with E-state index < -0.39 is 0 Å². The highest BCUT2D eigenvalue weighted by molar-refractivity contribution is 5.79. The molecule has 0 spiro atoms. The molecule has 3 heterocycles. The van der Waals surface area contributed by atoms with Crippen molar-refractivity contribution in [2.45, 2.75) is 26.7 Å². The average molecular weight is 335 g/mol. The maximum Gasteiger partial charge on any atom is 0.108 e. The van der Waals surface area contributed by atoms with E-state index in [9.17, 15) is 0 Å². The van der Waals surface area contributed by atoms with Crippen LogP contribution in [0.5, 0.6) is 0 Å². The lowest BCUT2D eigenvalue weighted by Gasteiger charge is -2.25. The lowest BCUT2D eigenvalue weighted by Crippen LogP contribution is -2.30. The minimum absolute atomic E-state index is 0.962. The first-order chi connectivity index (χ1) is 12.1. The van der Waals surface area contributed by atoms with Crippen LogP contribution in [-0.4, -0.2) is 44.3 Å². The van der Waals surface area contributed by atoms with Crippen LogP contribution in [0.25, 0.3) is 16.6 Å². The molecule has 5 nitrogen and oxygen atoms in total. The second-order valence-corrected chi connectivity index (χ2v) is 7.02. The van der Waals surface area contributed by atoms with Crippen LogP contribution in [0.1, 0.15) is 28.9 Å². The van der Waals surface area contributed by atoms with E-state index >= 15 is 0 Å². The number of hydrogen-bond donors (Lipinski definition) is 1. The number of fused-ring (bicyclic) bond motifs is 1. The van der Waals surface area contributed by atoms with Crippen molar-refractivity contribution in [1.29, 1.82) is 0 Å². The van der Waals surface area contributed by atoms with Gasteiger partial charge in [0, 0.05) is 44.9 Å². The van der Waals surface area contributed by atoms with Crippen LogP contribution >= 0.6 is 0 Å². The number of benzene rings is 1. The lowest BCUT2D eigenvalue weighted by molar-refractivity contribution is 0.304. The van der Waals surface area contributed by atoms with Gasteiger partial charge in [-0.1, -0.05) is 12.1 Å². The van der Waals surface area contributed by atoms with E-state index in [2.05, 4.69) is 53.2 Å². The van der Waals surface area contributed by atoms with Crippen LogP contribution in [0.4, 0.5) is 0 Å². The normalized spacial score (nSPS) is 15.7. The molecule has 0 fully saturated rings. The summed E-state index contributed by atoms with van der Waals surface area (Å²) < 4.78 is 1.87. The molecule has 0 saturated heterocycles. The van der Waals surface area contributed by atoms with Gasteiger partial charge in [0.25, 0.3) is 0 Å². The van der Waals surface area contributed by atoms with Crippen LogP contribution in [-0.2, 0) is 13.5 Å². The fourth-order valence-electron chi connectivity index (χ4n) is 3.51. The highest BCUT2D eigenvalue weighted by Crippen LogP contribution is 2.22. The number of rotatable bonds is 4. The fraction of sp³-hybridized carbons (Fsp3) is 0.400. The van der Waals surface area contributed by atoms with Crippen molar-refractivity contribution in [1.82, 2.24) is 24.6 Å². The Kier molecular flexibility index (Phi) is 4.17. The molecule has 1 aromatic carbocycles. The van der Waals surface area contributed by atoms with E-state index in [-0.39, 0.29) is 0 Å².